The van der Waals surface area contributed by atoms with Gasteiger partial charge in [-0.1, -0.05) is 65.7 Å². The SMILES string of the molecule is Cc1ccc(Cl)c(NC(=O)CN[C@@H](c2ccccc2)c2cccs2)c1Cl. The second-order valence-corrected chi connectivity index (χ2v) is 7.61. The molecule has 3 aromatic rings. The van der Waals surface area contributed by atoms with Crippen LogP contribution in [0.4, 0.5) is 5.69 Å². The molecule has 0 saturated heterocycles. The molecule has 0 bridgehead atoms. The molecule has 2 aromatic carbocycles. The molecule has 0 unspecified atom stereocenters. The lowest BCUT2D eigenvalue weighted by Crippen LogP contribution is -2.31. The van der Waals surface area contributed by atoms with Gasteiger partial charge >= 0.3 is 0 Å². The largest absolute Gasteiger partial charge is 0.322 e. The molecule has 26 heavy (non-hydrogen) atoms. The Morgan fingerprint density at radius 3 is 2.54 bits per heavy atom. The third-order valence-corrected chi connectivity index (χ3v) is 5.72. The van der Waals surface area contributed by atoms with Crippen molar-refractivity contribution in [2.24, 2.45) is 0 Å². The number of carbonyl (C=O) groups excluding carboxylic acids is 1. The summed E-state index contributed by atoms with van der Waals surface area (Å²) >= 11 is 14.1. The third kappa shape index (κ3) is 4.46. The lowest BCUT2D eigenvalue weighted by atomic mass is 10.1. The second-order valence-electron chi connectivity index (χ2n) is 5.84. The summed E-state index contributed by atoms with van der Waals surface area (Å²) in [6.07, 6.45) is 0. The maximum absolute atomic E-state index is 12.4. The van der Waals surface area contributed by atoms with E-state index in [-0.39, 0.29) is 18.5 Å². The van der Waals surface area contributed by atoms with Gasteiger partial charge in [0.2, 0.25) is 5.91 Å². The van der Waals surface area contributed by atoms with Crippen LogP contribution < -0.4 is 10.6 Å². The number of hydrogen-bond acceptors (Lipinski definition) is 3. The first kappa shape index (κ1) is 18.9. The summed E-state index contributed by atoms with van der Waals surface area (Å²) in [6.45, 7) is 2.01. The summed E-state index contributed by atoms with van der Waals surface area (Å²) in [5.74, 6) is -0.197. The van der Waals surface area contributed by atoms with Crippen molar-refractivity contribution >= 4 is 46.1 Å². The molecule has 1 heterocycles. The van der Waals surface area contributed by atoms with Gasteiger partial charge in [-0.3, -0.25) is 10.1 Å². The van der Waals surface area contributed by atoms with Gasteiger partial charge in [0.05, 0.1) is 28.3 Å². The van der Waals surface area contributed by atoms with Gasteiger partial charge in [-0.05, 0) is 35.6 Å². The van der Waals surface area contributed by atoms with Gasteiger partial charge in [-0.25, -0.2) is 0 Å². The van der Waals surface area contributed by atoms with E-state index >= 15 is 0 Å². The topological polar surface area (TPSA) is 41.1 Å². The Kier molecular flexibility index (Phi) is 6.33. The van der Waals surface area contributed by atoms with Crippen LogP contribution in [-0.2, 0) is 4.79 Å². The third-order valence-electron chi connectivity index (χ3n) is 3.98. The number of carbonyl (C=O) groups is 1. The minimum Gasteiger partial charge on any atom is -0.322 e. The fourth-order valence-corrected chi connectivity index (χ4v) is 3.93. The Balaban J connectivity index is 1.72. The first-order valence-electron chi connectivity index (χ1n) is 8.12. The van der Waals surface area contributed by atoms with Gasteiger partial charge in [0.15, 0.2) is 0 Å². The molecule has 3 nitrogen and oxygen atoms in total. The maximum atomic E-state index is 12.4. The summed E-state index contributed by atoms with van der Waals surface area (Å²) in [4.78, 5) is 13.6. The van der Waals surface area contributed by atoms with Crippen LogP contribution in [-0.4, -0.2) is 12.5 Å². The van der Waals surface area contributed by atoms with Crippen LogP contribution in [0.1, 0.15) is 22.0 Å². The zero-order valence-corrected chi connectivity index (χ0v) is 16.5. The number of aryl methyl sites for hydroxylation is 1. The van der Waals surface area contributed by atoms with Gasteiger partial charge in [0.25, 0.3) is 0 Å². The van der Waals surface area contributed by atoms with Gasteiger partial charge in [0.1, 0.15) is 0 Å². The first-order valence-corrected chi connectivity index (χ1v) is 9.76. The number of thiophene rings is 1. The molecular weight excluding hydrogens is 387 g/mol. The van der Waals surface area contributed by atoms with E-state index in [0.717, 1.165) is 16.0 Å². The van der Waals surface area contributed by atoms with E-state index in [0.29, 0.717) is 15.7 Å². The normalized spacial score (nSPS) is 12.0. The zero-order chi connectivity index (χ0) is 18.5. The number of halogens is 2. The molecule has 1 aromatic heterocycles. The number of hydrogen-bond donors (Lipinski definition) is 2. The van der Waals surface area contributed by atoms with Crippen molar-refractivity contribution in [3.63, 3.8) is 0 Å². The van der Waals surface area contributed by atoms with Gasteiger partial charge in [-0.15, -0.1) is 11.3 Å². The van der Waals surface area contributed by atoms with E-state index < -0.39 is 0 Å². The highest BCUT2D eigenvalue weighted by Gasteiger charge is 2.17. The monoisotopic (exact) mass is 404 g/mol. The lowest BCUT2D eigenvalue weighted by molar-refractivity contribution is -0.115. The average molecular weight is 405 g/mol. The Hall–Kier alpha value is -1.85. The molecule has 2 N–H and O–H groups in total. The summed E-state index contributed by atoms with van der Waals surface area (Å²) in [7, 11) is 0. The highest BCUT2D eigenvalue weighted by Crippen LogP contribution is 2.33. The molecule has 0 fully saturated rings. The van der Waals surface area contributed by atoms with E-state index in [2.05, 4.69) is 16.7 Å². The second kappa shape index (κ2) is 8.69. The quantitative estimate of drug-likeness (QED) is 0.554. The molecule has 0 radical (unpaired) electrons. The molecule has 0 aliphatic carbocycles. The smallest absolute Gasteiger partial charge is 0.238 e. The molecule has 134 valence electrons. The van der Waals surface area contributed by atoms with E-state index in [1.54, 1.807) is 17.4 Å². The van der Waals surface area contributed by atoms with Crippen LogP contribution in [0.5, 0.6) is 0 Å². The fourth-order valence-electron chi connectivity index (χ4n) is 2.63. The van der Waals surface area contributed by atoms with Crippen LogP contribution >= 0.6 is 34.5 Å². The van der Waals surface area contributed by atoms with Crippen LogP contribution in [0.15, 0.2) is 60.0 Å². The van der Waals surface area contributed by atoms with Crippen LogP contribution in [0, 0.1) is 6.92 Å². The van der Waals surface area contributed by atoms with Gasteiger partial charge < -0.3 is 5.32 Å². The van der Waals surface area contributed by atoms with Crippen molar-refractivity contribution < 1.29 is 4.79 Å². The maximum Gasteiger partial charge on any atom is 0.238 e. The van der Waals surface area contributed by atoms with Crippen LogP contribution in [0.3, 0.4) is 0 Å². The summed E-state index contributed by atoms with van der Waals surface area (Å²) in [6, 6.07) is 17.6. The minimum absolute atomic E-state index is 0.0506. The van der Waals surface area contributed by atoms with Crippen molar-refractivity contribution in [2.45, 2.75) is 13.0 Å². The molecule has 1 atom stereocenters. The molecule has 0 spiro atoms. The lowest BCUT2D eigenvalue weighted by Gasteiger charge is -2.18. The standard InChI is InChI=1S/C20H18Cl2N2OS/c1-13-9-10-15(21)20(18(13)22)24-17(25)12-23-19(16-8-5-11-26-16)14-6-3-2-4-7-14/h2-11,19,23H,12H2,1H3,(H,24,25)/t19-/m0/s1. The molecule has 3 rings (SSSR count). The molecular formula is C20H18Cl2N2OS. The first-order chi connectivity index (χ1) is 12.6. The van der Waals surface area contributed by atoms with Crippen LogP contribution in [0.2, 0.25) is 10.0 Å². The van der Waals surface area contributed by atoms with E-state index in [4.69, 9.17) is 23.2 Å². The summed E-state index contributed by atoms with van der Waals surface area (Å²) < 4.78 is 0. The van der Waals surface area contributed by atoms with Crippen molar-refractivity contribution in [2.75, 3.05) is 11.9 Å². The Morgan fingerprint density at radius 1 is 1.08 bits per heavy atom. The number of rotatable bonds is 6. The molecule has 0 aliphatic rings. The highest BCUT2D eigenvalue weighted by molar-refractivity contribution is 7.10. The summed E-state index contributed by atoms with van der Waals surface area (Å²) in [5.41, 5.74) is 2.42. The van der Waals surface area contributed by atoms with E-state index in [1.165, 1.54) is 0 Å². The van der Waals surface area contributed by atoms with Crippen molar-refractivity contribution in [1.29, 1.82) is 0 Å². The molecule has 0 saturated carbocycles. The van der Waals surface area contributed by atoms with Gasteiger partial charge in [-0.2, -0.15) is 0 Å². The summed E-state index contributed by atoms with van der Waals surface area (Å²) in [5, 5.41) is 9.05. The predicted octanol–water partition coefficient (Wildman–Crippen LogP) is 5.68. The molecule has 0 aliphatic heterocycles. The number of nitrogens with one attached hydrogen (secondary N) is 2. The van der Waals surface area contributed by atoms with Crippen molar-refractivity contribution in [1.82, 2.24) is 5.32 Å². The fraction of sp³-hybridized carbons (Fsp3) is 0.150. The predicted molar refractivity (Wildman–Crippen MR) is 110 cm³/mol. The average Bonchev–Trinajstić information content (AvgIpc) is 3.17. The Labute approximate surface area is 167 Å². The number of amides is 1. The molecule has 1 amide bonds. The van der Waals surface area contributed by atoms with Gasteiger partial charge in [0, 0.05) is 4.88 Å². The number of benzene rings is 2. The van der Waals surface area contributed by atoms with Crippen molar-refractivity contribution in [3.8, 4) is 0 Å². The zero-order valence-electron chi connectivity index (χ0n) is 14.1. The van der Waals surface area contributed by atoms with Crippen LogP contribution in [0.25, 0.3) is 0 Å². The molecule has 6 heteroatoms. The number of anilines is 1. The Morgan fingerprint density at radius 2 is 1.85 bits per heavy atom. The minimum atomic E-state index is -0.197. The van der Waals surface area contributed by atoms with E-state index in [9.17, 15) is 4.79 Å². The highest BCUT2D eigenvalue weighted by atomic mass is 35.5. The van der Waals surface area contributed by atoms with Crippen molar-refractivity contribution in [3.05, 3.63) is 86.0 Å². The van der Waals surface area contributed by atoms with E-state index in [1.807, 2.05) is 54.8 Å². The Bertz CT molecular complexity index is 882.